The zero-order chi connectivity index (χ0) is 21.4. The van der Waals surface area contributed by atoms with E-state index < -0.39 is 0 Å². The van der Waals surface area contributed by atoms with Crippen LogP contribution in [-0.2, 0) is 9.47 Å². The maximum atomic E-state index is 10.2. The molecule has 2 heterocycles. The Labute approximate surface area is 174 Å². The van der Waals surface area contributed by atoms with Crippen LogP contribution in [0.2, 0.25) is 0 Å². The Bertz CT molecular complexity index is 802. The van der Waals surface area contributed by atoms with E-state index in [9.17, 15) is 10.2 Å². The minimum atomic E-state index is -0.218. The maximum Gasteiger partial charge on any atom is 0.200 e. The number of methoxy groups -OCH3 is 4. The van der Waals surface area contributed by atoms with Crippen LogP contribution < -0.4 is 18.9 Å². The van der Waals surface area contributed by atoms with Crippen molar-refractivity contribution in [3.05, 3.63) is 35.4 Å². The minimum Gasteiger partial charge on any atom is -0.502 e. The molecule has 0 aromatic heterocycles. The van der Waals surface area contributed by atoms with Crippen LogP contribution in [0.15, 0.2) is 24.3 Å². The molecule has 0 spiro atoms. The van der Waals surface area contributed by atoms with Crippen LogP contribution >= 0.6 is 0 Å². The Morgan fingerprint density at radius 2 is 0.933 bits per heavy atom. The molecule has 2 N–H and O–H groups in total. The third-order valence-corrected chi connectivity index (χ3v) is 5.93. The van der Waals surface area contributed by atoms with Crippen molar-refractivity contribution in [1.29, 1.82) is 0 Å². The average molecular weight is 418 g/mol. The molecule has 2 aromatic rings. The van der Waals surface area contributed by atoms with Crippen LogP contribution in [0.4, 0.5) is 0 Å². The van der Waals surface area contributed by atoms with Gasteiger partial charge in [0.1, 0.15) is 0 Å². The van der Waals surface area contributed by atoms with E-state index in [1.165, 1.54) is 28.4 Å². The van der Waals surface area contributed by atoms with Crippen molar-refractivity contribution in [3.8, 4) is 34.5 Å². The van der Waals surface area contributed by atoms with Crippen molar-refractivity contribution in [2.45, 2.75) is 12.2 Å². The molecule has 2 fully saturated rings. The lowest BCUT2D eigenvalue weighted by molar-refractivity contribution is 0.0190. The van der Waals surface area contributed by atoms with Gasteiger partial charge >= 0.3 is 0 Å². The lowest BCUT2D eigenvalue weighted by Gasteiger charge is -2.19. The number of benzene rings is 2. The predicted octanol–water partition coefficient (Wildman–Crippen LogP) is 3.21. The second-order valence-corrected chi connectivity index (χ2v) is 7.38. The highest BCUT2D eigenvalue weighted by atomic mass is 16.5. The lowest BCUT2D eigenvalue weighted by atomic mass is 9.84. The van der Waals surface area contributed by atoms with E-state index >= 15 is 0 Å². The van der Waals surface area contributed by atoms with Crippen LogP contribution in [0.5, 0.6) is 34.5 Å². The Morgan fingerprint density at radius 3 is 1.20 bits per heavy atom. The summed E-state index contributed by atoms with van der Waals surface area (Å²) in [5, 5.41) is 20.4. The Balaban J connectivity index is 1.63. The summed E-state index contributed by atoms with van der Waals surface area (Å²) >= 11 is 0. The highest BCUT2D eigenvalue weighted by Gasteiger charge is 2.48. The van der Waals surface area contributed by atoms with Gasteiger partial charge in [-0.1, -0.05) is 0 Å². The maximum absolute atomic E-state index is 10.2. The Hall–Kier alpha value is -2.84. The molecule has 3 unspecified atom stereocenters. The summed E-state index contributed by atoms with van der Waals surface area (Å²) in [6.07, 6.45) is -0.436. The van der Waals surface area contributed by atoms with Gasteiger partial charge in [-0.15, -0.1) is 0 Å². The molecule has 0 aliphatic carbocycles. The van der Waals surface area contributed by atoms with Crippen LogP contribution in [0.3, 0.4) is 0 Å². The molecule has 0 bridgehead atoms. The molecular formula is C22H26O8. The number of hydrogen-bond donors (Lipinski definition) is 2. The van der Waals surface area contributed by atoms with E-state index in [-0.39, 0.29) is 35.5 Å². The molecule has 4 rings (SSSR count). The standard InChI is InChI=1S/C22H26O8/c1-25-15-5-11(6-16(26-2)19(15)23)21-13-9-30-22(14(13)10-29-21)12-7-17(27-3)20(24)18(8-12)28-4/h5-8,13-14,21-24H,9-10H2,1-4H3/t13-,14?,21?,22?/m0/s1. The number of phenols is 2. The number of ether oxygens (including phenoxy) is 6. The van der Waals surface area contributed by atoms with Gasteiger partial charge in [0, 0.05) is 11.8 Å². The average Bonchev–Trinajstić information content (AvgIpc) is 3.36. The molecule has 0 radical (unpaired) electrons. The van der Waals surface area contributed by atoms with Crippen molar-refractivity contribution in [3.63, 3.8) is 0 Å². The molecule has 2 aromatic carbocycles. The molecular weight excluding hydrogens is 392 g/mol. The molecule has 162 valence electrons. The summed E-state index contributed by atoms with van der Waals surface area (Å²) in [6.45, 7) is 1.02. The van der Waals surface area contributed by atoms with Crippen molar-refractivity contribution in [2.75, 3.05) is 41.7 Å². The zero-order valence-corrected chi connectivity index (χ0v) is 17.4. The van der Waals surface area contributed by atoms with E-state index in [1.807, 2.05) is 0 Å². The highest BCUT2D eigenvalue weighted by Crippen LogP contribution is 2.53. The Morgan fingerprint density at radius 1 is 0.633 bits per heavy atom. The fourth-order valence-electron chi connectivity index (χ4n) is 4.39. The van der Waals surface area contributed by atoms with Crippen molar-refractivity contribution in [2.24, 2.45) is 11.8 Å². The van der Waals surface area contributed by atoms with Crippen LogP contribution in [0, 0.1) is 11.8 Å². The summed E-state index contributed by atoms with van der Waals surface area (Å²) in [7, 11) is 5.99. The smallest absolute Gasteiger partial charge is 0.200 e. The number of fused-ring (bicyclic) bond motifs is 1. The number of phenolic OH excluding ortho intramolecular Hbond substituents is 2. The first kappa shape index (κ1) is 20.4. The summed E-state index contributed by atoms with van der Waals surface area (Å²) < 4.78 is 33.4. The fraction of sp³-hybridized carbons (Fsp3) is 0.455. The normalized spacial score (nSPS) is 25.1. The van der Waals surface area contributed by atoms with Crippen molar-refractivity contribution >= 4 is 0 Å². The van der Waals surface area contributed by atoms with Gasteiger partial charge in [0.05, 0.1) is 53.9 Å². The van der Waals surface area contributed by atoms with Crippen LogP contribution in [-0.4, -0.2) is 51.9 Å². The van der Waals surface area contributed by atoms with Gasteiger partial charge in [-0.05, 0) is 35.4 Å². The topological polar surface area (TPSA) is 95.8 Å². The van der Waals surface area contributed by atoms with Crippen LogP contribution in [0.25, 0.3) is 0 Å². The van der Waals surface area contributed by atoms with Crippen molar-refractivity contribution in [1.82, 2.24) is 0 Å². The van der Waals surface area contributed by atoms with Crippen molar-refractivity contribution < 1.29 is 38.6 Å². The van der Waals surface area contributed by atoms with Gasteiger partial charge in [0.25, 0.3) is 0 Å². The van der Waals surface area contributed by atoms with E-state index in [0.29, 0.717) is 36.2 Å². The highest BCUT2D eigenvalue weighted by molar-refractivity contribution is 5.54. The quantitative estimate of drug-likeness (QED) is 0.738. The third kappa shape index (κ3) is 3.26. The lowest BCUT2D eigenvalue weighted by Crippen LogP contribution is -2.15. The number of hydrogen-bond acceptors (Lipinski definition) is 8. The Kier molecular flexibility index (Phi) is 5.53. The summed E-state index contributed by atoms with van der Waals surface area (Å²) in [6, 6.07) is 7.07. The summed E-state index contributed by atoms with van der Waals surface area (Å²) in [5.41, 5.74) is 1.72. The van der Waals surface area contributed by atoms with E-state index in [4.69, 9.17) is 28.4 Å². The van der Waals surface area contributed by atoms with Gasteiger partial charge in [0.2, 0.25) is 11.5 Å². The molecule has 8 heteroatoms. The fourth-order valence-corrected chi connectivity index (χ4v) is 4.39. The minimum absolute atomic E-state index is 0.0397. The second kappa shape index (κ2) is 8.12. The van der Waals surface area contributed by atoms with Gasteiger partial charge in [0.15, 0.2) is 23.0 Å². The zero-order valence-electron chi connectivity index (χ0n) is 17.4. The number of aromatic hydroxyl groups is 2. The molecule has 2 saturated heterocycles. The third-order valence-electron chi connectivity index (χ3n) is 5.93. The van der Waals surface area contributed by atoms with Crippen LogP contribution in [0.1, 0.15) is 23.3 Å². The first-order valence-corrected chi connectivity index (χ1v) is 9.65. The summed E-state index contributed by atoms with van der Waals surface area (Å²) in [4.78, 5) is 0. The molecule has 2 aliphatic rings. The molecule has 8 nitrogen and oxygen atoms in total. The number of rotatable bonds is 6. The first-order valence-electron chi connectivity index (χ1n) is 9.65. The van der Waals surface area contributed by atoms with E-state index in [1.54, 1.807) is 24.3 Å². The van der Waals surface area contributed by atoms with E-state index in [0.717, 1.165) is 11.1 Å². The first-order chi connectivity index (χ1) is 14.5. The summed E-state index contributed by atoms with van der Waals surface area (Å²) in [5.74, 6) is 1.48. The van der Waals surface area contributed by atoms with E-state index in [2.05, 4.69) is 0 Å². The van der Waals surface area contributed by atoms with Gasteiger partial charge in [-0.25, -0.2) is 0 Å². The molecule has 4 atom stereocenters. The monoisotopic (exact) mass is 418 g/mol. The second-order valence-electron chi connectivity index (χ2n) is 7.38. The SMILES string of the molecule is COc1cc(C2OC[C@@H]3C(c4cc(OC)c(O)c(OC)c4)OCC23)cc(OC)c1O. The van der Waals surface area contributed by atoms with Gasteiger partial charge in [-0.2, -0.15) is 0 Å². The van der Waals surface area contributed by atoms with Gasteiger partial charge < -0.3 is 38.6 Å². The molecule has 2 aliphatic heterocycles. The van der Waals surface area contributed by atoms with Gasteiger partial charge in [-0.3, -0.25) is 0 Å². The predicted molar refractivity (Wildman–Crippen MR) is 107 cm³/mol. The largest absolute Gasteiger partial charge is 0.502 e. The molecule has 0 amide bonds. The molecule has 0 saturated carbocycles. The molecule has 30 heavy (non-hydrogen) atoms.